The Hall–Kier alpha value is -1.44. The molecular formula is C10H18N4O3. The fourth-order valence-corrected chi connectivity index (χ4v) is 1.29. The van der Waals surface area contributed by atoms with Crippen LogP contribution in [0.5, 0.6) is 0 Å². The number of nitrogens with two attached hydrogens (primary N) is 1. The zero-order valence-corrected chi connectivity index (χ0v) is 9.93. The van der Waals surface area contributed by atoms with Gasteiger partial charge in [-0.25, -0.2) is 9.97 Å². The first-order chi connectivity index (χ1) is 7.98. The van der Waals surface area contributed by atoms with Gasteiger partial charge in [0, 0.05) is 5.56 Å². The van der Waals surface area contributed by atoms with Crippen molar-refractivity contribution in [2.24, 2.45) is 0 Å². The van der Waals surface area contributed by atoms with Gasteiger partial charge in [-0.3, -0.25) is 0 Å². The Balaban J connectivity index is 3.09. The molecule has 7 heteroatoms. The molecule has 96 valence electrons. The van der Waals surface area contributed by atoms with Crippen LogP contribution in [-0.2, 0) is 0 Å². The highest BCUT2D eigenvalue weighted by Gasteiger charge is 2.29. The molecule has 17 heavy (non-hydrogen) atoms. The second-order valence-corrected chi connectivity index (χ2v) is 4.01. The van der Waals surface area contributed by atoms with Gasteiger partial charge in [-0.1, -0.05) is 0 Å². The minimum atomic E-state index is -1.22. The Labute approximate surface area is 99.3 Å². The van der Waals surface area contributed by atoms with Crippen LogP contribution in [0.4, 0.5) is 11.6 Å². The van der Waals surface area contributed by atoms with Crippen molar-refractivity contribution in [1.82, 2.24) is 9.97 Å². The fourth-order valence-electron chi connectivity index (χ4n) is 1.29. The van der Waals surface area contributed by atoms with Crippen LogP contribution in [0.25, 0.3) is 0 Å². The number of nitrogens with zero attached hydrogens (tertiary/aromatic N) is 2. The van der Waals surface area contributed by atoms with E-state index >= 15 is 0 Å². The van der Waals surface area contributed by atoms with Crippen LogP contribution in [-0.4, -0.2) is 50.6 Å². The number of aliphatic hydroxyl groups is 3. The number of rotatable bonds is 5. The first-order valence-corrected chi connectivity index (χ1v) is 5.19. The van der Waals surface area contributed by atoms with Crippen molar-refractivity contribution in [3.05, 3.63) is 11.4 Å². The van der Waals surface area contributed by atoms with Crippen molar-refractivity contribution in [1.29, 1.82) is 0 Å². The molecule has 0 aliphatic carbocycles. The lowest BCUT2D eigenvalue weighted by atomic mass is 10.0. The smallest absolute Gasteiger partial charge is 0.135 e. The SMILES string of the molecule is Cc1nc(N)c(C)c(NC(CO)(CO)CO)n1. The van der Waals surface area contributed by atoms with E-state index in [1.54, 1.807) is 13.8 Å². The summed E-state index contributed by atoms with van der Waals surface area (Å²) >= 11 is 0. The summed E-state index contributed by atoms with van der Waals surface area (Å²) in [6.07, 6.45) is 0. The Bertz CT molecular complexity index is 385. The third kappa shape index (κ3) is 2.82. The minimum absolute atomic E-state index is 0.322. The second-order valence-electron chi connectivity index (χ2n) is 4.01. The van der Waals surface area contributed by atoms with Gasteiger partial charge in [0.15, 0.2) is 0 Å². The molecule has 0 spiro atoms. The summed E-state index contributed by atoms with van der Waals surface area (Å²) in [5.74, 6) is 1.19. The third-order valence-corrected chi connectivity index (χ3v) is 2.59. The number of nitrogens with one attached hydrogen (secondary N) is 1. The number of anilines is 2. The maximum atomic E-state index is 9.21. The van der Waals surface area contributed by atoms with Crippen molar-refractivity contribution in [2.75, 3.05) is 30.9 Å². The standard InChI is InChI=1S/C10H18N4O3/c1-6-8(11)12-7(2)13-9(6)14-10(3-15,4-16)5-17/h15-17H,3-5H2,1-2H3,(H3,11,12,13,14). The van der Waals surface area contributed by atoms with Crippen molar-refractivity contribution in [3.63, 3.8) is 0 Å². The molecule has 0 fully saturated rings. The van der Waals surface area contributed by atoms with Crippen LogP contribution >= 0.6 is 0 Å². The van der Waals surface area contributed by atoms with Crippen LogP contribution < -0.4 is 11.1 Å². The average Bonchev–Trinajstić information content (AvgIpc) is 2.32. The van der Waals surface area contributed by atoms with Crippen LogP contribution in [0, 0.1) is 13.8 Å². The number of hydrogen-bond acceptors (Lipinski definition) is 7. The van der Waals surface area contributed by atoms with E-state index in [-0.39, 0.29) is 0 Å². The molecule has 0 atom stereocenters. The molecule has 0 aromatic carbocycles. The fraction of sp³-hybridized carbons (Fsp3) is 0.600. The van der Waals surface area contributed by atoms with Crippen LogP contribution in [0.3, 0.4) is 0 Å². The molecular weight excluding hydrogens is 224 g/mol. The zero-order valence-electron chi connectivity index (χ0n) is 9.93. The van der Waals surface area contributed by atoms with Crippen molar-refractivity contribution in [3.8, 4) is 0 Å². The van der Waals surface area contributed by atoms with Gasteiger partial charge in [0.2, 0.25) is 0 Å². The van der Waals surface area contributed by atoms with E-state index in [0.717, 1.165) is 0 Å². The highest BCUT2D eigenvalue weighted by Crippen LogP contribution is 2.20. The largest absolute Gasteiger partial charge is 0.394 e. The molecule has 1 heterocycles. The summed E-state index contributed by atoms with van der Waals surface area (Å²) in [7, 11) is 0. The first-order valence-electron chi connectivity index (χ1n) is 5.19. The van der Waals surface area contributed by atoms with E-state index in [2.05, 4.69) is 15.3 Å². The monoisotopic (exact) mass is 242 g/mol. The Kier molecular flexibility index (Phi) is 4.22. The quantitative estimate of drug-likeness (QED) is 0.439. The van der Waals surface area contributed by atoms with Gasteiger partial charge in [-0.15, -0.1) is 0 Å². The van der Waals surface area contributed by atoms with Crippen molar-refractivity contribution >= 4 is 11.6 Å². The molecule has 0 saturated heterocycles. The molecule has 7 nitrogen and oxygen atoms in total. The van der Waals surface area contributed by atoms with Crippen LogP contribution in [0.1, 0.15) is 11.4 Å². The maximum Gasteiger partial charge on any atom is 0.135 e. The zero-order chi connectivity index (χ0) is 13.1. The number of aryl methyl sites for hydroxylation is 1. The number of nitrogen functional groups attached to an aromatic ring is 1. The summed E-state index contributed by atoms with van der Waals surface area (Å²) in [4.78, 5) is 8.11. The summed E-state index contributed by atoms with van der Waals surface area (Å²) in [6.45, 7) is 2.11. The van der Waals surface area contributed by atoms with E-state index in [0.29, 0.717) is 23.0 Å². The van der Waals surface area contributed by atoms with Gasteiger partial charge in [-0.2, -0.15) is 0 Å². The van der Waals surface area contributed by atoms with E-state index in [1.165, 1.54) is 0 Å². The first kappa shape index (κ1) is 13.6. The lowest BCUT2D eigenvalue weighted by molar-refractivity contribution is 0.0830. The van der Waals surface area contributed by atoms with Gasteiger partial charge in [0.25, 0.3) is 0 Å². The lowest BCUT2D eigenvalue weighted by Crippen LogP contribution is -2.49. The Morgan fingerprint density at radius 3 is 2.12 bits per heavy atom. The van der Waals surface area contributed by atoms with Crippen LogP contribution in [0.15, 0.2) is 0 Å². The molecule has 1 aromatic rings. The number of hydrogen-bond donors (Lipinski definition) is 5. The van der Waals surface area contributed by atoms with E-state index in [9.17, 15) is 15.3 Å². The van der Waals surface area contributed by atoms with E-state index < -0.39 is 25.4 Å². The predicted octanol–water partition coefficient (Wildman–Crippen LogP) is -1.20. The average molecular weight is 242 g/mol. The van der Waals surface area contributed by atoms with Gasteiger partial charge in [-0.05, 0) is 13.8 Å². The molecule has 1 aromatic heterocycles. The summed E-state index contributed by atoms with van der Waals surface area (Å²) in [6, 6.07) is 0. The third-order valence-electron chi connectivity index (χ3n) is 2.59. The molecule has 0 saturated carbocycles. The Morgan fingerprint density at radius 1 is 1.12 bits per heavy atom. The molecule has 1 rings (SSSR count). The normalized spacial score (nSPS) is 11.6. The van der Waals surface area contributed by atoms with Crippen LogP contribution in [0.2, 0.25) is 0 Å². The van der Waals surface area contributed by atoms with Gasteiger partial charge >= 0.3 is 0 Å². The summed E-state index contributed by atoms with van der Waals surface area (Å²) in [5.41, 5.74) is 5.07. The van der Waals surface area contributed by atoms with Gasteiger partial charge in [0.05, 0.1) is 19.8 Å². The van der Waals surface area contributed by atoms with E-state index in [4.69, 9.17) is 5.73 Å². The predicted molar refractivity (Wildman–Crippen MR) is 63.5 cm³/mol. The van der Waals surface area contributed by atoms with Crippen molar-refractivity contribution < 1.29 is 15.3 Å². The van der Waals surface area contributed by atoms with Gasteiger partial charge in [0.1, 0.15) is 23.0 Å². The molecule has 0 bridgehead atoms. The second kappa shape index (κ2) is 5.26. The minimum Gasteiger partial charge on any atom is -0.394 e. The molecule has 0 aliphatic rings. The number of aromatic nitrogens is 2. The Morgan fingerprint density at radius 2 is 1.65 bits per heavy atom. The lowest BCUT2D eigenvalue weighted by Gasteiger charge is -2.30. The molecule has 6 N–H and O–H groups in total. The molecule has 0 unspecified atom stereocenters. The molecule has 0 radical (unpaired) electrons. The number of aliphatic hydroxyl groups excluding tert-OH is 3. The highest BCUT2D eigenvalue weighted by molar-refractivity contribution is 5.56. The summed E-state index contributed by atoms with van der Waals surface area (Å²) < 4.78 is 0. The van der Waals surface area contributed by atoms with E-state index in [1.807, 2.05) is 0 Å². The highest BCUT2D eigenvalue weighted by atomic mass is 16.3. The summed E-state index contributed by atoms with van der Waals surface area (Å²) in [5, 5.41) is 30.4. The van der Waals surface area contributed by atoms with Crippen molar-refractivity contribution in [2.45, 2.75) is 19.4 Å². The maximum absolute atomic E-state index is 9.21. The molecule has 0 aliphatic heterocycles. The van der Waals surface area contributed by atoms with Gasteiger partial charge < -0.3 is 26.4 Å². The topological polar surface area (TPSA) is 125 Å². The molecule has 0 amide bonds.